The van der Waals surface area contributed by atoms with E-state index >= 15 is 0 Å². The number of ether oxygens (including phenoxy) is 1. The van der Waals surface area contributed by atoms with Crippen molar-refractivity contribution in [2.24, 2.45) is 0 Å². The molecule has 6 heteroatoms. The Balaban J connectivity index is 1.85. The minimum atomic E-state index is -1.02. The molecule has 0 spiro atoms. The van der Waals surface area contributed by atoms with Crippen molar-refractivity contribution in [1.29, 1.82) is 0 Å². The third kappa shape index (κ3) is 2.84. The van der Waals surface area contributed by atoms with Gasteiger partial charge in [0.1, 0.15) is 12.4 Å². The van der Waals surface area contributed by atoms with Crippen LogP contribution in [0.15, 0.2) is 41.8 Å². The first-order chi connectivity index (χ1) is 10.1. The maximum Gasteiger partial charge on any atom is 0.365 e. The van der Waals surface area contributed by atoms with Gasteiger partial charge in [0, 0.05) is 21.2 Å². The van der Waals surface area contributed by atoms with E-state index in [1.807, 2.05) is 24.3 Å². The summed E-state index contributed by atoms with van der Waals surface area (Å²) in [5, 5.41) is 13.1. The van der Waals surface area contributed by atoms with Crippen LogP contribution in [-0.4, -0.2) is 16.1 Å². The Hall–Kier alpha value is -2.11. The zero-order valence-corrected chi connectivity index (χ0v) is 12.3. The van der Waals surface area contributed by atoms with Gasteiger partial charge in [0.2, 0.25) is 5.01 Å². The second-order valence-corrected chi connectivity index (χ2v) is 5.59. The van der Waals surface area contributed by atoms with Gasteiger partial charge in [-0.25, -0.2) is 9.78 Å². The normalized spacial score (nSPS) is 10.7. The topological polar surface area (TPSA) is 59.4 Å². The second-order valence-electron chi connectivity index (χ2n) is 4.33. The Morgan fingerprint density at radius 1 is 1.24 bits per heavy atom. The second kappa shape index (κ2) is 5.71. The monoisotopic (exact) mass is 319 g/mol. The summed E-state index contributed by atoms with van der Waals surface area (Å²) < 4.78 is 5.75. The number of hydrogen-bond donors (Lipinski definition) is 1. The van der Waals surface area contributed by atoms with Crippen molar-refractivity contribution in [2.75, 3.05) is 0 Å². The number of carboxylic acids is 1. The van der Waals surface area contributed by atoms with Gasteiger partial charge in [-0.05, 0) is 12.1 Å². The van der Waals surface area contributed by atoms with Crippen LogP contribution in [0.1, 0.15) is 15.5 Å². The molecule has 2 aromatic carbocycles. The molecule has 0 unspecified atom stereocenters. The number of aromatic nitrogens is 1. The quantitative estimate of drug-likeness (QED) is 0.782. The molecule has 0 aliphatic carbocycles. The number of thiazole rings is 1. The standard InChI is InChI=1S/C15H10ClNO3S/c16-12-5-6-13(11-4-2-1-3-10(11)12)20-7-9-8-21-14(17-9)15(18)19/h1-6,8H,7H2,(H,18,19). The summed E-state index contributed by atoms with van der Waals surface area (Å²) in [5.41, 5.74) is 0.594. The van der Waals surface area contributed by atoms with Crippen molar-refractivity contribution in [1.82, 2.24) is 4.98 Å². The lowest BCUT2D eigenvalue weighted by Crippen LogP contribution is -1.99. The van der Waals surface area contributed by atoms with E-state index in [-0.39, 0.29) is 11.6 Å². The average molecular weight is 320 g/mol. The van der Waals surface area contributed by atoms with Crippen LogP contribution in [0.4, 0.5) is 0 Å². The van der Waals surface area contributed by atoms with Crippen molar-refractivity contribution in [3.8, 4) is 5.75 Å². The van der Waals surface area contributed by atoms with E-state index in [0.717, 1.165) is 22.1 Å². The molecule has 0 atom stereocenters. The van der Waals surface area contributed by atoms with Crippen LogP contribution in [0.2, 0.25) is 5.02 Å². The molecule has 0 amide bonds. The first kappa shape index (κ1) is 13.9. The molecule has 3 aromatic rings. The first-order valence-electron chi connectivity index (χ1n) is 6.13. The number of fused-ring (bicyclic) bond motifs is 1. The van der Waals surface area contributed by atoms with Gasteiger partial charge in [-0.2, -0.15) is 0 Å². The molecule has 0 aliphatic heterocycles. The number of halogens is 1. The number of nitrogens with zero attached hydrogens (tertiary/aromatic N) is 1. The molecular formula is C15H10ClNO3S. The molecule has 0 fully saturated rings. The lowest BCUT2D eigenvalue weighted by Gasteiger charge is -2.09. The Labute approximate surface area is 129 Å². The largest absolute Gasteiger partial charge is 0.487 e. The van der Waals surface area contributed by atoms with Crippen LogP contribution >= 0.6 is 22.9 Å². The van der Waals surface area contributed by atoms with E-state index in [2.05, 4.69) is 4.98 Å². The molecular weight excluding hydrogens is 310 g/mol. The van der Waals surface area contributed by atoms with Gasteiger partial charge in [0.15, 0.2) is 0 Å². The molecule has 3 rings (SSSR count). The number of aromatic carboxylic acids is 1. The Morgan fingerprint density at radius 3 is 2.71 bits per heavy atom. The van der Waals surface area contributed by atoms with Crippen LogP contribution in [0.3, 0.4) is 0 Å². The maximum atomic E-state index is 10.8. The fourth-order valence-corrected chi connectivity index (χ4v) is 2.85. The summed E-state index contributed by atoms with van der Waals surface area (Å²) >= 11 is 7.24. The average Bonchev–Trinajstić information content (AvgIpc) is 2.96. The van der Waals surface area contributed by atoms with Crippen LogP contribution in [-0.2, 0) is 6.61 Å². The predicted molar refractivity (Wildman–Crippen MR) is 82.4 cm³/mol. The third-order valence-corrected chi connectivity index (χ3v) is 4.15. The van der Waals surface area contributed by atoms with Gasteiger partial charge in [-0.3, -0.25) is 0 Å². The molecule has 1 aromatic heterocycles. The number of carboxylic acid groups (broad SMARTS) is 1. The summed E-state index contributed by atoms with van der Waals surface area (Å²) in [6.07, 6.45) is 0. The summed E-state index contributed by atoms with van der Waals surface area (Å²) in [6, 6.07) is 11.3. The highest BCUT2D eigenvalue weighted by atomic mass is 35.5. The predicted octanol–water partition coefficient (Wildman–Crippen LogP) is 4.23. The van der Waals surface area contributed by atoms with E-state index in [1.54, 1.807) is 17.5 Å². The lowest BCUT2D eigenvalue weighted by molar-refractivity contribution is 0.0696. The van der Waals surface area contributed by atoms with Crippen LogP contribution < -0.4 is 4.74 Å². The Bertz CT molecular complexity index is 816. The van der Waals surface area contributed by atoms with Gasteiger partial charge in [-0.15, -0.1) is 11.3 Å². The highest BCUT2D eigenvalue weighted by Gasteiger charge is 2.10. The van der Waals surface area contributed by atoms with E-state index < -0.39 is 5.97 Å². The number of hydrogen-bond acceptors (Lipinski definition) is 4. The van der Waals surface area contributed by atoms with Crippen LogP contribution in [0, 0.1) is 0 Å². The van der Waals surface area contributed by atoms with Crippen molar-refractivity contribution >= 4 is 39.7 Å². The highest BCUT2D eigenvalue weighted by molar-refractivity contribution is 7.11. The minimum Gasteiger partial charge on any atom is -0.487 e. The molecule has 1 N–H and O–H groups in total. The number of rotatable bonds is 4. The molecule has 106 valence electrons. The van der Waals surface area contributed by atoms with Gasteiger partial charge < -0.3 is 9.84 Å². The molecule has 0 aliphatic rings. The summed E-state index contributed by atoms with van der Waals surface area (Å²) in [7, 11) is 0. The molecule has 0 bridgehead atoms. The maximum absolute atomic E-state index is 10.8. The third-order valence-electron chi connectivity index (χ3n) is 2.94. The van der Waals surface area contributed by atoms with Crippen molar-refractivity contribution in [2.45, 2.75) is 6.61 Å². The van der Waals surface area contributed by atoms with Crippen molar-refractivity contribution in [3.05, 3.63) is 57.5 Å². The van der Waals surface area contributed by atoms with E-state index in [0.29, 0.717) is 16.5 Å². The highest BCUT2D eigenvalue weighted by Crippen LogP contribution is 2.31. The van der Waals surface area contributed by atoms with E-state index in [4.69, 9.17) is 21.4 Å². The number of carbonyl (C=O) groups is 1. The van der Waals surface area contributed by atoms with Gasteiger partial charge in [0.25, 0.3) is 0 Å². The molecule has 1 heterocycles. The van der Waals surface area contributed by atoms with Crippen LogP contribution in [0.25, 0.3) is 10.8 Å². The van der Waals surface area contributed by atoms with E-state index in [9.17, 15) is 4.79 Å². The fourth-order valence-electron chi connectivity index (χ4n) is 1.98. The first-order valence-corrected chi connectivity index (χ1v) is 7.38. The van der Waals surface area contributed by atoms with Crippen molar-refractivity contribution < 1.29 is 14.6 Å². The van der Waals surface area contributed by atoms with Gasteiger partial charge in [-0.1, -0.05) is 35.9 Å². The Kier molecular flexibility index (Phi) is 3.77. The molecule has 0 radical (unpaired) electrons. The molecule has 0 saturated carbocycles. The van der Waals surface area contributed by atoms with Crippen LogP contribution in [0.5, 0.6) is 5.75 Å². The molecule has 21 heavy (non-hydrogen) atoms. The zero-order valence-electron chi connectivity index (χ0n) is 10.7. The summed E-state index contributed by atoms with van der Waals surface area (Å²) in [5.74, 6) is -0.330. The molecule has 0 saturated heterocycles. The van der Waals surface area contributed by atoms with Gasteiger partial charge in [0.05, 0.1) is 5.69 Å². The summed E-state index contributed by atoms with van der Waals surface area (Å²) in [4.78, 5) is 14.8. The van der Waals surface area contributed by atoms with Gasteiger partial charge >= 0.3 is 5.97 Å². The number of benzene rings is 2. The fraction of sp³-hybridized carbons (Fsp3) is 0.0667. The minimum absolute atomic E-state index is 0.0644. The lowest BCUT2D eigenvalue weighted by atomic mass is 10.1. The molecule has 4 nitrogen and oxygen atoms in total. The van der Waals surface area contributed by atoms with Crippen molar-refractivity contribution in [3.63, 3.8) is 0 Å². The zero-order chi connectivity index (χ0) is 14.8. The van der Waals surface area contributed by atoms with E-state index in [1.165, 1.54) is 0 Å². The smallest absolute Gasteiger partial charge is 0.365 e. The Morgan fingerprint density at radius 2 is 2.00 bits per heavy atom. The summed E-state index contributed by atoms with van der Waals surface area (Å²) in [6.45, 7) is 0.218. The SMILES string of the molecule is O=C(O)c1nc(COc2ccc(Cl)c3ccccc23)cs1.